The molecule has 2 aliphatic rings. The minimum atomic E-state index is -3.42. The van der Waals surface area contributed by atoms with Gasteiger partial charge in [0.2, 0.25) is 5.91 Å². The SMILES string of the molecule is CC1CCCN(C(=O)C2CCN(C(=O)c3cc(S(C)(=O)=O)ccc3Cl)CC2)C1. The minimum Gasteiger partial charge on any atom is -0.342 e. The van der Waals surface area contributed by atoms with E-state index in [4.69, 9.17) is 11.6 Å². The van der Waals surface area contributed by atoms with Gasteiger partial charge in [0.25, 0.3) is 5.91 Å². The number of amides is 2. The van der Waals surface area contributed by atoms with Crippen molar-refractivity contribution < 1.29 is 18.0 Å². The van der Waals surface area contributed by atoms with E-state index in [1.54, 1.807) is 4.90 Å². The Morgan fingerprint density at radius 3 is 2.36 bits per heavy atom. The number of piperidine rings is 2. The van der Waals surface area contributed by atoms with E-state index in [0.29, 0.717) is 31.8 Å². The van der Waals surface area contributed by atoms with Crippen LogP contribution in [0.4, 0.5) is 0 Å². The number of likely N-dealkylation sites (tertiary alicyclic amines) is 2. The number of hydrogen-bond acceptors (Lipinski definition) is 4. The van der Waals surface area contributed by atoms with Crippen LogP contribution in [0.5, 0.6) is 0 Å². The third-order valence-corrected chi connectivity index (χ3v) is 7.14. The van der Waals surface area contributed by atoms with Crippen LogP contribution in [-0.4, -0.2) is 62.5 Å². The molecule has 2 saturated heterocycles. The Morgan fingerprint density at radius 2 is 1.75 bits per heavy atom. The molecule has 0 N–H and O–H groups in total. The van der Waals surface area contributed by atoms with Gasteiger partial charge in [-0.25, -0.2) is 8.42 Å². The fourth-order valence-corrected chi connectivity index (χ4v) is 4.89. The lowest BCUT2D eigenvalue weighted by molar-refractivity contribution is -0.138. The number of hydrogen-bond donors (Lipinski definition) is 0. The van der Waals surface area contributed by atoms with E-state index in [1.807, 2.05) is 4.90 Å². The standard InChI is InChI=1S/C20H27ClN2O4S/c1-14-4-3-9-23(13-14)19(24)15-7-10-22(11-8-15)20(25)17-12-16(28(2,26)27)5-6-18(17)21/h5-6,12,14-15H,3-4,7-11,13H2,1-2H3. The quantitative estimate of drug-likeness (QED) is 0.744. The van der Waals surface area contributed by atoms with E-state index in [0.717, 1.165) is 25.8 Å². The summed E-state index contributed by atoms with van der Waals surface area (Å²) in [6.45, 7) is 4.77. The summed E-state index contributed by atoms with van der Waals surface area (Å²) in [6.07, 6.45) is 4.57. The molecule has 0 spiro atoms. The van der Waals surface area contributed by atoms with Gasteiger partial charge in [0.1, 0.15) is 0 Å². The highest BCUT2D eigenvalue weighted by molar-refractivity contribution is 7.90. The number of sulfone groups is 1. The second kappa shape index (κ2) is 8.41. The van der Waals surface area contributed by atoms with Crippen LogP contribution < -0.4 is 0 Å². The lowest BCUT2D eigenvalue weighted by Crippen LogP contribution is -2.47. The first kappa shape index (κ1) is 21.1. The van der Waals surface area contributed by atoms with Crippen molar-refractivity contribution in [1.82, 2.24) is 9.80 Å². The second-order valence-corrected chi connectivity index (χ2v) is 10.4. The normalized spacial score (nSPS) is 21.6. The van der Waals surface area contributed by atoms with Gasteiger partial charge in [-0.15, -0.1) is 0 Å². The lowest BCUT2D eigenvalue weighted by atomic mass is 9.92. The summed E-state index contributed by atoms with van der Waals surface area (Å²) in [5, 5.41) is 0.234. The molecule has 2 fully saturated rings. The van der Waals surface area contributed by atoms with Crippen molar-refractivity contribution in [2.24, 2.45) is 11.8 Å². The monoisotopic (exact) mass is 426 g/mol. The zero-order valence-electron chi connectivity index (χ0n) is 16.4. The first-order valence-electron chi connectivity index (χ1n) is 9.74. The molecule has 2 aliphatic heterocycles. The second-order valence-electron chi connectivity index (χ2n) is 8.01. The van der Waals surface area contributed by atoms with Crippen LogP contribution in [0.1, 0.15) is 43.0 Å². The fraction of sp³-hybridized carbons (Fsp3) is 0.600. The highest BCUT2D eigenvalue weighted by Gasteiger charge is 2.32. The third kappa shape index (κ3) is 4.69. The van der Waals surface area contributed by atoms with Crippen molar-refractivity contribution in [3.05, 3.63) is 28.8 Å². The summed E-state index contributed by atoms with van der Waals surface area (Å²) in [4.78, 5) is 29.4. The average Bonchev–Trinajstić information content (AvgIpc) is 2.66. The molecule has 0 bridgehead atoms. The summed E-state index contributed by atoms with van der Waals surface area (Å²) in [7, 11) is -3.42. The Hall–Kier alpha value is -1.60. The molecule has 0 aliphatic carbocycles. The molecule has 0 saturated carbocycles. The zero-order chi connectivity index (χ0) is 20.5. The van der Waals surface area contributed by atoms with Gasteiger partial charge in [-0.05, 0) is 49.8 Å². The molecule has 0 aromatic heterocycles. The third-order valence-electron chi connectivity index (χ3n) is 5.70. The Morgan fingerprint density at radius 1 is 1.07 bits per heavy atom. The molecule has 2 heterocycles. The average molecular weight is 427 g/mol. The van der Waals surface area contributed by atoms with E-state index in [2.05, 4.69) is 6.92 Å². The predicted molar refractivity (Wildman–Crippen MR) is 108 cm³/mol. The molecule has 1 aromatic carbocycles. The maximum absolute atomic E-state index is 12.9. The predicted octanol–water partition coefficient (Wildman–Crippen LogP) is 2.85. The molecule has 0 radical (unpaired) electrons. The van der Waals surface area contributed by atoms with Crippen LogP contribution in [0.3, 0.4) is 0 Å². The molecular formula is C20H27ClN2O4S. The van der Waals surface area contributed by atoms with Crippen LogP contribution in [0.15, 0.2) is 23.1 Å². The maximum atomic E-state index is 12.9. The van der Waals surface area contributed by atoms with Crippen LogP contribution in [0, 0.1) is 11.8 Å². The van der Waals surface area contributed by atoms with E-state index < -0.39 is 9.84 Å². The number of nitrogens with zero attached hydrogens (tertiary/aromatic N) is 2. The summed E-state index contributed by atoms with van der Waals surface area (Å²) < 4.78 is 23.6. The van der Waals surface area contributed by atoms with Gasteiger partial charge in [-0.3, -0.25) is 9.59 Å². The van der Waals surface area contributed by atoms with Crippen LogP contribution in [-0.2, 0) is 14.6 Å². The Balaban J connectivity index is 1.65. The first-order valence-corrected chi connectivity index (χ1v) is 12.0. The largest absolute Gasteiger partial charge is 0.342 e. The van der Waals surface area contributed by atoms with Crippen molar-refractivity contribution >= 4 is 33.3 Å². The molecule has 1 unspecified atom stereocenters. The van der Waals surface area contributed by atoms with Gasteiger partial charge in [0.15, 0.2) is 9.84 Å². The number of halogens is 1. The number of benzene rings is 1. The molecule has 1 atom stereocenters. The maximum Gasteiger partial charge on any atom is 0.255 e. The Labute approximate surface area is 171 Å². The summed E-state index contributed by atoms with van der Waals surface area (Å²) >= 11 is 6.15. The van der Waals surface area contributed by atoms with Gasteiger partial charge in [-0.1, -0.05) is 18.5 Å². The van der Waals surface area contributed by atoms with E-state index >= 15 is 0 Å². The van der Waals surface area contributed by atoms with Gasteiger partial charge in [0.05, 0.1) is 15.5 Å². The molecule has 154 valence electrons. The van der Waals surface area contributed by atoms with Crippen molar-refractivity contribution in [3.63, 3.8) is 0 Å². The summed E-state index contributed by atoms with van der Waals surface area (Å²) in [5.41, 5.74) is 0.194. The van der Waals surface area contributed by atoms with Crippen molar-refractivity contribution in [2.75, 3.05) is 32.4 Å². The molecular weight excluding hydrogens is 400 g/mol. The van der Waals surface area contributed by atoms with Crippen LogP contribution in [0.2, 0.25) is 5.02 Å². The molecule has 28 heavy (non-hydrogen) atoms. The summed E-state index contributed by atoms with van der Waals surface area (Å²) in [5.74, 6) is 0.416. The van der Waals surface area contributed by atoms with Gasteiger partial charge in [-0.2, -0.15) is 0 Å². The number of carbonyl (C=O) groups excluding carboxylic acids is 2. The van der Waals surface area contributed by atoms with E-state index in [-0.39, 0.29) is 33.2 Å². The molecule has 6 nitrogen and oxygen atoms in total. The smallest absolute Gasteiger partial charge is 0.255 e. The van der Waals surface area contributed by atoms with Crippen molar-refractivity contribution in [2.45, 2.75) is 37.5 Å². The zero-order valence-corrected chi connectivity index (χ0v) is 17.9. The molecule has 2 amide bonds. The van der Waals surface area contributed by atoms with Gasteiger partial charge in [0, 0.05) is 38.4 Å². The highest BCUT2D eigenvalue weighted by Crippen LogP contribution is 2.27. The van der Waals surface area contributed by atoms with Gasteiger partial charge < -0.3 is 9.80 Å². The van der Waals surface area contributed by atoms with Gasteiger partial charge >= 0.3 is 0 Å². The number of rotatable bonds is 3. The summed E-state index contributed by atoms with van der Waals surface area (Å²) in [6, 6.07) is 4.18. The Bertz CT molecular complexity index is 863. The first-order chi connectivity index (χ1) is 13.2. The topological polar surface area (TPSA) is 74.8 Å². The molecule has 3 rings (SSSR count). The van der Waals surface area contributed by atoms with Crippen LogP contribution in [0.25, 0.3) is 0 Å². The minimum absolute atomic E-state index is 0.0489. The van der Waals surface area contributed by atoms with Crippen molar-refractivity contribution in [1.29, 1.82) is 0 Å². The number of carbonyl (C=O) groups is 2. The molecule has 8 heteroatoms. The van der Waals surface area contributed by atoms with E-state index in [9.17, 15) is 18.0 Å². The molecule has 1 aromatic rings. The van der Waals surface area contributed by atoms with E-state index in [1.165, 1.54) is 24.6 Å². The van der Waals surface area contributed by atoms with Crippen molar-refractivity contribution in [3.8, 4) is 0 Å². The highest BCUT2D eigenvalue weighted by atomic mass is 35.5. The fourth-order valence-electron chi connectivity index (χ4n) is 4.05. The van der Waals surface area contributed by atoms with Crippen LogP contribution >= 0.6 is 11.6 Å². The lowest BCUT2D eigenvalue weighted by Gasteiger charge is -2.37. The Kier molecular flexibility index (Phi) is 6.34.